The molecule has 2 aromatic rings. The first-order chi connectivity index (χ1) is 15.9. The first kappa shape index (κ1) is 23.5. The average Bonchev–Trinajstić information content (AvgIpc) is 2.88. The average molecular weight is 421 g/mol. The lowest BCUT2D eigenvalue weighted by Crippen LogP contribution is -1.99. The van der Waals surface area contributed by atoms with Gasteiger partial charge in [0.05, 0.1) is 0 Å². The van der Waals surface area contributed by atoms with Crippen molar-refractivity contribution in [3.8, 4) is 0 Å². The molecule has 3 aliphatic rings. The summed E-state index contributed by atoms with van der Waals surface area (Å²) in [5.41, 5.74) is 4.38. The van der Waals surface area contributed by atoms with Crippen LogP contribution in [0.3, 0.4) is 0 Å². The van der Waals surface area contributed by atoms with Crippen LogP contribution in [0.25, 0.3) is 0 Å². The van der Waals surface area contributed by atoms with E-state index in [1.165, 1.54) is 55.2 Å². The third-order valence-electron chi connectivity index (χ3n) is 5.63. The van der Waals surface area contributed by atoms with Gasteiger partial charge in [-0.05, 0) is 62.0 Å². The lowest BCUT2D eigenvalue weighted by molar-refractivity contribution is 0.652. The molecule has 0 spiro atoms. The summed E-state index contributed by atoms with van der Waals surface area (Å²) in [6, 6.07) is 22.6. The fraction of sp³-hybridized carbons (Fsp3) is 0.250. The Bertz CT molecular complexity index is 909. The van der Waals surface area contributed by atoms with E-state index in [0.29, 0.717) is 0 Å². The van der Waals surface area contributed by atoms with Crippen molar-refractivity contribution in [2.45, 2.75) is 44.9 Å². The lowest BCUT2D eigenvalue weighted by atomic mass is 9.91. The lowest BCUT2D eigenvalue weighted by Gasteiger charge is -2.14. The summed E-state index contributed by atoms with van der Waals surface area (Å²) in [7, 11) is 0. The van der Waals surface area contributed by atoms with Gasteiger partial charge >= 0.3 is 0 Å². The van der Waals surface area contributed by atoms with Gasteiger partial charge < -0.3 is 0 Å². The number of rotatable bonds is 4. The zero-order chi connectivity index (χ0) is 22.1. The van der Waals surface area contributed by atoms with Crippen molar-refractivity contribution in [3.05, 3.63) is 144 Å². The van der Waals surface area contributed by atoms with Crippen LogP contribution in [-0.4, -0.2) is 0 Å². The summed E-state index contributed by atoms with van der Waals surface area (Å²) in [5, 5.41) is 0. The van der Waals surface area contributed by atoms with Gasteiger partial charge in [-0.15, -0.1) is 0 Å². The number of allylic oxidation sites excluding steroid dienone is 12. The Morgan fingerprint density at radius 2 is 1.19 bits per heavy atom. The van der Waals surface area contributed by atoms with E-state index in [1.54, 1.807) is 0 Å². The minimum absolute atomic E-state index is 0.735. The largest absolute Gasteiger partial charge is 0.0840 e. The first-order valence-electron chi connectivity index (χ1n) is 12.0. The highest BCUT2D eigenvalue weighted by Crippen LogP contribution is 2.23. The maximum absolute atomic E-state index is 2.38. The number of hydrogen-bond acceptors (Lipinski definition) is 0. The predicted octanol–water partition coefficient (Wildman–Crippen LogP) is 8.98. The molecule has 0 heteroatoms. The summed E-state index contributed by atoms with van der Waals surface area (Å²) in [6.07, 6.45) is 31.1. The maximum atomic E-state index is 2.38. The minimum Gasteiger partial charge on any atom is -0.0840 e. The first-order valence-corrected chi connectivity index (χ1v) is 12.0. The molecule has 32 heavy (non-hydrogen) atoms. The second-order valence-electron chi connectivity index (χ2n) is 8.35. The van der Waals surface area contributed by atoms with Crippen LogP contribution in [0.1, 0.15) is 44.1 Å². The SMILES string of the molecule is C1=CC(Cc2ccccc2)=CCC1.C1=CCC(CC2=CCCC=C2)C=C1.c1ccccc1. The highest BCUT2D eigenvalue weighted by atomic mass is 14.1. The Morgan fingerprint density at radius 1 is 0.594 bits per heavy atom. The van der Waals surface area contributed by atoms with Crippen LogP contribution < -0.4 is 0 Å². The van der Waals surface area contributed by atoms with Crippen LogP contribution in [0.2, 0.25) is 0 Å². The second kappa shape index (κ2) is 14.8. The Hall–Kier alpha value is -3.12. The second-order valence-corrected chi connectivity index (χ2v) is 8.35. The normalized spacial score (nSPS) is 18.4. The van der Waals surface area contributed by atoms with Crippen LogP contribution in [-0.2, 0) is 6.42 Å². The van der Waals surface area contributed by atoms with Crippen molar-refractivity contribution >= 4 is 0 Å². The Balaban J connectivity index is 0.000000145. The van der Waals surface area contributed by atoms with Crippen LogP contribution in [0.5, 0.6) is 0 Å². The Morgan fingerprint density at radius 3 is 1.72 bits per heavy atom. The molecule has 2 aromatic carbocycles. The van der Waals surface area contributed by atoms with Crippen molar-refractivity contribution in [1.82, 2.24) is 0 Å². The minimum atomic E-state index is 0.735. The molecule has 1 unspecified atom stereocenters. The molecule has 0 amide bonds. The molecule has 0 bridgehead atoms. The molecule has 164 valence electrons. The Kier molecular flexibility index (Phi) is 10.9. The fourth-order valence-electron chi connectivity index (χ4n) is 3.92. The molecule has 0 N–H and O–H groups in total. The van der Waals surface area contributed by atoms with Gasteiger partial charge in [-0.25, -0.2) is 0 Å². The molecule has 3 aliphatic carbocycles. The number of hydrogen-bond donors (Lipinski definition) is 0. The van der Waals surface area contributed by atoms with E-state index < -0.39 is 0 Å². The number of benzene rings is 2. The monoisotopic (exact) mass is 420 g/mol. The van der Waals surface area contributed by atoms with Gasteiger partial charge in [0.25, 0.3) is 0 Å². The highest BCUT2D eigenvalue weighted by molar-refractivity contribution is 5.30. The molecule has 0 radical (unpaired) electrons. The molecule has 0 aromatic heterocycles. The van der Waals surface area contributed by atoms with E-state index in [1.807, 2.05) is 36.4 Å². The smallest absolute Gasteiger partial charge is 0.00290 e. The van der Waals surface area contributed by atoms with Gasteiger partial charge in [-0.1, -0.05) is 133 Å². The summed E-state index contributed by atoms with van der Waals surface area (Å²) in [6.45, 7) is 0. The molecule has 1 atom stereocenters. The van der Waals surface area contributed by atoms with Crippen molar-refractivity contribution in [3.63, 3.8) is 0 Å². The van der Waals surface area contributed by atoms with E-state index in [9.17, 15) is 0 Å². The molecule has 0 nitrogen and oxygen atoms in total. The zero-order valence-electron chi connectivity index (χ0n) is 19.2. The standard InChI is InChI=1S/C13H16.C13H14.C6H6/c2*1-3-7-12(8-4-1)11-13-9-5-2-6-10-13;1-2-4-6-5-3-1/h1,3-5,7,9-10,12H,2,6,8,11H2;1,3-5,7-10H,2,6,11H2;1-6H. The summed E-state index contributed by atoms with van der Waals surface area (Å²) in [5.74, 6) is 0.735. The Labute approximate surface area is 195 Å². The summed E-state index contributed by atoms with van der Waals surface area (Å²) >= 11 is 0. The van der Waals surface area contributed by atoms with Gasteiger partial charge in [0.1, 0.15) is 0 Å². The van der Waals surface area contributed by atoms with Gasteiger partial charge in [0, 0.05) is 0 Å². The summed E-state index contributed by atoms with van der Waals surface area (Å²) in [4.78, 5) is 0. The van der Waals surface area contributed by atoms with Crippen molar-refractivity contribution in [2.75, 3.05) is 0 Å². The third kappa shape index (κ3) is 9.79. The van der Waals surface area contributed by atoms with E-state index in [4.69, 9.17) is 0 Å². The van der Waals surface area contributed by atoms with Crippen LogP contribution in [0.15, 0.2) is 139 Å². The molecule has 5 rings (SSSR count). The molecule has 0 fully saturated rings. The molecular formula is C32H36. The maximum Gasteiger partial charge on any atom is -0.00290 e. The molecule has 0 saturated heterocycles. The van der Waals surface area contributed by atoms with Crippen molar-refractivity contribution in [1.29, 1.82) is 0 Å². The van der Waals surface area contributed by atoms with Crippen molar-refractivity contribution < 1.29 is 0 Å². The van der Waals surface area contributed by atoms with E-state index in [0.717, 1.165) is 12.3 Å². The van der Waals surface area contributed by atoms with Gasteiger partial charge in [0.2, 0.25) is 0 Å². The molecule has 0 saturated carbocycles. The highest BCUT2D eigenvalue weighted by Gasteiger charge is 2.07. The summed E-state index contributed by atoms with van der Waals surface area (Å²) < 4.78 is 0. The third-order valence-corrected chi connectivity index (χ3v) is 5.63. The van der Waals surface area contributed by atoms with Crippen LogP contribution in [0.4, 0.5) is 0 Å². The van der Waals surface area contributed by atoms with Crippen LogP contribution in [0, 0.1) is 5.92 Å². The topological polar surface area (TPSA) is 0 Å². The van der Waals surface area contributed by atoms with Gasteiger partial charge in [-0.3, -0.25) is 0 Å². The van der Waals surface area contributed by atoms with E-state index in [2.05, 4.69) is 91.1 Å². The molecule has 0 aliphatic heterocycles. The zero-order valence-corrected chi connectivity index (χ0v) is 19.2. The van der Waals surface area contributed by atoms with Gasteiger partial charge in [-0.2, -0.15) is 0 Å². The molecule has 0 heterocycles. The van der Waals surface area contributed by atoms with E-state index >= 15 is 0 Å². The van der Waals surface area contributed by atoms with Gasteiger partial charge in [0.15, 0.2) is 0 Å². The van der Waals surface area contributed by atoms with Crippen LogP contribution >= 0.6 is 0 Å². The fourth-order valence-corrected chi connectivity index (χ4v) is 3.92. The molecular weight excluding hydrogens is 384 g/mol. The van der Waals surface area contributed by atoms with Crippen molar-refractivity contribution in [2.24, 2.45) is 5.92 Å². The quantitative estimate of drug-likeness (QED) is 0.463. The van der Waals surface area contributed by atoms with E-state index in [-0.39, 0.29) is 0 Å². The predicted molar refractivity (Wildman–Crippen MR) is 141 cm³/mol.